The number of esters is 1. The minimum Gasteiger partial charge on any atom is -0.481 e. The van der Waals surface area contributed by atoms with Gasteiger partial charge in [-0.2, -0.15) is 0 Å². The molecule has 188 valence electrons. The minimum atomic E-state index is -1.40. The van der Waals surface area contributed by atoms with E-state index in [1.54, 1.807) is 44.2 Å². The highest BCUT2D eigenvalue weighted by atomic mass is 35.5. The van der Waals surface area contributed by atoms with Crippen LogP contribution in [0.25, 0.3) is 0 Å². The third kappa shape index (κ3) is 8.72. The van der Waals surface area contributed by atoms with Gasteiger partial charge in [-0.05, 0) is 55.3 Å². The van der Waals surface area contributed by atoms with Crippen LogP contribution in [0.2, 0.25) is 15.1 Å². The molecule has 0 spiro atoms. The van der Waals surface area contributed by atoms with Crippen molar-refractivity contribution in [2.45, 2.75) is 45.3 Å². The molecule has 0 aliphatic heterocycles. The van der Waals surface area contributed by atoms with Crippen LogP contribution < -0.4 is 5.32 Å². The van der Waals surface area contributed by atoms with Crippen LogP contribution >= 0.6 is 34.8 Å². The normalized spacial score (nSPS) is 13.4. The summed E-state index contributed by atoms with van der Waals surface area (Å²) in [6.07, 6.45) is -1.96. The summed E-state index contributed by atoms with van der Waals surface area (Å²) in [5, 5.41) is 21.8. The van der Waals surface area contributed by atoms with Crippen LogP contribution in [-0.2, 0) is 25.5 Å². The van der Waals surface area contributed by atoms with E-state index in [1.807, 2.05) is 0 Å². The Kier molecular flexibility index (Phi) is 10.4. The van der Waals surface area contributed by atoms with E-state index in [2.05, 4.69) is 5.32 Å². The number of carboxylic acid groups (broad SMARTS) is 2. The lowest BCUT2D eigenvalue weighted by Gasteiger charge is -2.26. The van der Waals surface area contributed by atoms with Gasteiger partial charge in [0, 0.05) is 17.9 Å². The van der Waals surface area contributed by atoms with Crippen molar-refractivity contribution in [3.05, 3.63) is 68.2 Å². The number of halogens is 3. The van der Waals surface area contributed by atoms with Crippen molar-refractivity contribution >= 4 is 58.6 Å². The molecule has 0 unspecified atom stereocenters. The Morgan fingerprint density at radius 1 is 0.943 bits per heavy atom. The molecule has 0 saturated heterocycles. The molecule has 0 radical (unpaired) electrons. The summed E-state index contributed by atoms with van der Waals surface area (Å²) in [4.78, 5) is 47.5. The molecular formula is C24H24Cl3NO7. The number of hydrogen-bond donors (Lipinski definition) is 3. The number of carbonyl (C=O) groups excluding carboxylic acids is 2. The summed E-state index contributed by atoms with van der Waals surface area (Å²) in [6.45, 7) is 3.33. The van der Waals surface area contributed by atoms with Gasteiger partial charge >= 0.3 is 17.9 Å². The second-order valence-corrected chi connectivity index (χ2v) is 9.28. The van der Waals surface area contributed by atoms with Crippen molar-refractivity contribution in [1.82, 2.24) is 5.32 Å². The Labute approximate surface area is 217 Å². The van der Waals surface area contributed by atoms with Crippen molar-refractivity contribution in [2.75, 3.05) is 0 Å². The molecule has 3 atom stereocenters. The molecule has 0 aromatic heterocycles. The first-order chi connectivity index (χ1) is 16.4. The van der Waals surface area contributed by atoms with E-state index in [0.29, 0.717) is 26.2 Å². The number of aryl methyl sites for hydroxylation is 1. The number of nitrogens with one attached hydrogen (secondary N) is 1. The predicted molar refractivity (Wildman–Crippen MR) is 131 cm³/mol. The first-order valence-electron chi connectivity index (χ1n) is 10.5. The number of aliphatic carboxylic acids is 2. The van der Waals surface area contributed by atoms with Gasteiger partial charge in [0.2, 0.25) is 5.91 Å². The summed E-state index contributed by atoms with van der Waals surface area (Å²) in [5.74, 6) is -5.46. The first-order valence-corrected chi connectivity index (χ1v) is 11.7. The highest BCUT2D eigenvalue weighted by Crippen LogP contribution is 2.25. The van der Waals surface area contributed by atoms with Gasteiger partial charge in [0.25, 0.3) is 0 Å². The summed E-state index contributed by atoms with van der Waals surface area (Å²) in [7, 11) is 0. The molecule has 0 fully saturated rings. The number of benzene rings is 2. The smallest absolute Gasteiger partial charge is 0.338 e. The van der Waals surface area contributed by atoms with E-state index < -0.39 is 54.7 Å². The van der Waals surface area contributed by atoms with Gasteiger partial charge in [0.1, 0.15) is 6.10 Å². The Bertz CT molecular complexity index is 1120. The molecule has 2 aromatic rings. The standard InChI is InChI=1S/C24H24Cl3NO7/c1-12-7-15(4-6-17(12)25)24(34)35-20(9-14-3-5-18(26)19(27)8-14)13(2)28-21(29)10-16(23(32)33)11-22(30)31/h3-8,13,16,20H,9-11H2,1-2H3,(H,28,29)(H,30,31)(H,32,33)/t13-,16-,20+/m0/s1. The molecule has 2 aromatic carbocycles. The predicted octanol–water partition coefficient (Wildman–Crippen LogP) is 4.79. The van der Waals surface area contributed by atoms with E-state index >= 15 is 0 Å². The maximum absolute atomic E-state index is 12.8. The molecule has 0 saturated carbocycles. The van der Waals surface area contributed by atoms with E-state index in [-0.39, 0.29) is 12.0 Å². The molecule has 0 bridgehead atoms. The average Bonchev–Trinajstić information content (AvgIpc) is 2.76. The zero-order valence-electron chi connectivity index (χ0n) is 18.9. The largest absolute Gasteiger partial charge is 0.481 e. The van der Waals surface area contributed by atoms with Crippen LogP contribution in [0, 0.1) is 12.8 Å². The maximum atomic E-state index is 12.8. The lowest BCUT2D eigenvalue weighted by atomic mass is 9.99. The molecule has 2 rings (SSSR count). The molecule has 1 amide bonds. The van der Waals surface area contributed by atoms with Gasteiger partial charge in [0.15, 0.2) is 0 Å². The fourth-order valence-corrected chi connectivity index (χ4v) is 3.72. The lowest BCUT2D eigenvalue weighted by Crippen LogP contribution is -2.45. The SMILES string of the molecule is Cc1cc(C(=O)O[C@H](Cc2ccc(Cl)c(Cl)c2)[C@H](C)NC(=O)C[C@@H](CC(=O)O)C(=O)O)ccc1Cl. The van der Waals surface area contributed by atoms with Crippen LogP contribution in [0.5, 0.6) is 0 Å². The van der Waals surface area contributed by atoms with E-state index in [4.69, 9.17) is 44.6 Å². The van der Waals surface area contributed by atoms with Crippen molar-refractivity contribution < 1.29 is 34.1 Å². The van der Waals surface area contributed by atoms with Gasteiger partial charge in [-0.3, -0.25) is 14.4 Å². The van der Waals surface area contributed by atoms with Crippen molar-refractivity contribution in [1.29, 1.82) is 0 Å². The highest BCUT2D eigenvalue weighted by molar-refractivity contribution is 6.42. The third-order valence-electron chi connectivity index (χ3n) is 5.22. The van der Waals surface area contributed by atoms with Gasteiger partial charge in [-0.25, -0.2) is 4.79 Å². The van der Waals surface area contributed by atoms with Crippen molar-refractivity contribution in [2.24, 2.45) is 5.92 Å². The van der Waals surface area contributed by atoms with E-state index in [0.717, 1.165) is 0 Å². The number of carbonyl (C=O) groups is 4. The fourth-order valence-electron chi connectivity index (χ4n) is 3.28. The number of ether oxygens (including phenoxy) is 1. The van der Waals surface area contributed by atoms with Gasteiger partial charge in [0.05, 0.1) is 34.0 Å². The maximum Gasteiger partial charge on any atom is 0.338 e. The van der Waals surface area contributed by atoms with Crippen LogP contribution in [0.4, 0.5) is 0 Å². The molecule has 3 N–H and O–H groups in total. The Morgan fingerprint density at radius 2 is 1.60 bits per heavy atom. The van der Waals surface area contributed by atoms with Gasteiger partial charge in [-0.1, -0.05) is 40.9 Å². The molecule has 11 heteroatoms. The van der Waals surface area contributed by atoms with Crippen LogP contribution in [0.15, 0.2) is 36.4 Å². The van der Waals surface area contributed by atoms with Crippen molar-refractivity contribution in [3.63, 3.8) is 0 Å². The first kappa shape index (κ1) is 28.4. The zero-order valence-corrected chi connectivity index (χ0v) is 21.2. The van der Waals surface area contributed by atoms with Crippen molar-refractivity contribution in [3.8, 4) is 0 Å². The molecular weight excluding hydrogens is 521 g/mol. The fraction of sp³-hybridized carbons (Fsp3) is 0.333. The summed E-state index contributed by atoms with van der Waals surface area (Å²) in [6, 6.07) is 8.80. The Morgan fingerprint density at radius 3 is 2.17 bits per heavy atom. The van der Waals surface area contributed by atoms with Crippen LogP contribution in [0.1, 0.15) is 41.3 Å². The zero-order chi connectivity index (χ0) is 26.3. The third-order valence-corrected chi connectivity index (χ3v) is 6.38. The van der Waals surface area contributed by atoms with Gasteiger partial charge < -0.3 is 20.3 Å². The Balaban J connectivity index is 2.22. The monoisotopic (exact) mass is 543 g/mol. The number of rotatable bonds is 11. The average molecular weight is 545 g/mol. The summed E-state index contributed by atoms with van der Waals surface area (Å²) >= 11 is 18.1. The number of hydrogen-bond acceptors (Lipinski definition) is 5. The van der Waals surface area contributed by atoms with Crippen LogP contribution in [0.3, 0.4) is 0 Å². The lowest BCUT2D eigenvalue weighted by molar-refractivity contribution is -0.149. The number of amides is 1. The summed E-state index contributed by atoms with van der Waals surface area (Å²) in [5.41, 5.74) is 1.62. The quantitative estimate of drug-likeness (QED) is 0.347. The molecule has 0 aliphatic carbocycles. The number of carboxylic acids is 2. The Hall–Kier alpha value is -2.81. The summed E-state index contributed by atoms with van der Waals surface area (Å²) < 4.78 is 5.70. The highest BCUT2D eigenvalue weighted by Gasteiger charge is 2.28. The molecule has 0 aliphatic rings. The second-order valence-electron chi connectivity index (χ2n) is 8.05. The van der Waals surface area contributed by atoms with E-state index in [9.17, 15) is 24.3 Å². The molecule has 8 nitrogen and oxygen atoms in total. The van der Waals surface area contributed by atoms with Crippen LogP contribution in [-0.4, -0.2) is 46.2 Å². The molecule has 35 heavy (non-hydrogen) atoms. The molecule has 0 heterocycles. The van der Waals surface area contributed by atoms with E-state index in [1.165, 1.54) is 6.07 Å². The topological polar surface area (TPSA) is 130 Å². The minimum absolute atomic E-state index is 0.161. The van der Waals surface area contributed by atoms with Gasteiger partial charge in [-0.15, -0.1) is 0 Å². The second kappa shape index (κ2) is 12.8.